The molecule has 3 rings (SSSR count). The average Bonchev–Trinajstić information content (AvgIpc) is 2.77. The SMILES string of the molecule is Cc1ccc2nc(C(=O)N3CCOC[C@H](CN(C)C)C3)[nH]c2c1. The summed E-state index contributed by atoms with van der Waals surface area (Å²) in [6.45, 7) is 5.52. The van der Waals surface area contributed by atoms with Crippen LogP contribution in [0, 0.1) is 12.8 Å². The lowest BCUT2D eigenvalue weighted by molar-refractivity contribution is 0.0724. The van der Waals surface area contributed by atoms with Gasteiger partial charge in [0.15, 0.2) is 5.82 Å². The molecule has 1 amide bonds. The molecule has 1 N–H and O–H groups in total. The number of nitrogens with zero attached hydrogens (tertiary/aromatic N) is 3. The van der Waals surface area contributed by atoms with E-state index in [0.717, 1.165) is 23.1 Å². The first kappa shape index (κ1) is 16.0. The number of carbonyl (C=O) groups excluding carboxylic acids is 1. The number of H-pyrrole nitrogens is 1. The van der Waals surface area contributed by atoms with Gasteiger partial charge in [-0.15, -0.1) is 0 Å². The molecule has 1 aliphatic rings. The smallest absolute Gasteiger partial charge is 0.289 e. The monoisotopic (exact) mass is 316 g/mol. The highest BCUT2D eigenvalue weighted by Crippen LogP contribution is 2.16. The number of nitrogens with one attached hydrogen (secondary N) is 1. The van der Waals surface area contributed by atoms with E-state index in [1.807, 2.05) is 44.1 Å². The minimum Gasteiger partial charge on any atom is -0.379 e. The largest absolute Gasteiger partial charge is 0.379 e. The second-order valence-electron chi connectivity index (χ2n) is 6.56. The summed E-state index contributed by atoms with van der Waals surface area (Å²) in [5, 5.41) is 0. The predicted molar refractivity (Wildman–Crippen MR) is 89.6 cm³/mol. The van der Waals surface area contributed by atoms with Crippen LogP contribution >= 0.6 is 0 Å². The van der Waals surface area contributed by atoms with Crippen LogP contribution in [0.2, 0.25) is 0 Å². The fraction of sp³-hybridized carbons (Fsp3) is 0.529. The molecule has 1 saturated heterocycles. The zero-order chi connectivity index (χ0) is 16.4. The second kappa shape index (κ2) is 6.68. The molecule has 2 heterocycles. The number of benzene rings is 1. The third-order valence-electron chi connectivity index (χ3n) is 4.09. The number of carbonyl (C=O) groups is 1. The lowest BCUT2D eigenvalue weighted by Gasteiger charge is -2.24. The molecule has 1 aromatic heterocycles. The number of fused-ring (bicyclic) bond motifs is 1. The van der Waals surface area contributed by atoms with Crippen molar-refractivity contribution >= 4 is 16.9 Å². The molecule has 1 fully saturated rings. The van der Waals surface area contributed by atoms with Crippen LogP contribution in [0.1, 0.15) is 16.2 Å². The van der Waals surface area contributed by atoms with Crippen LogP contribution in [0.4, 0.5) is 0 Å². The number of imidazole rings is 1. The Bertz CT molecular complexity index is 695. The van der Waals surface area contributed by atoms with Crippen LogP contribution in [0.25, 0.3) is 11.0 Å². The number of amides is 1. The van der Waals surface area contributed by atoms with Crippen molar-refractivity contribution in [3.8, 4) is 0 Å². The lowest BCUT2D eigenvalue weighted by atomic mass is 10.1. The Labute approximate surface area is 136 Å². The van der Waals surface area contributed by atoms with Gasteiger partial charge in [0.05, 0.1) is 24.2 Å². The summed E-state index contributed by atoms with van der Waals surface area (Å²) < 4.78 is 5.65. The zero-order valence-electron chi connectivity index (χ0n) is 14.0. The van der Waals surface area contributed by atoms with Crippen LogP contribution in [0.3, 0.4) is 0 Å². The molecule has 0 saturated carbocycles. The van der Waals surface area contributed by atoms with Gasteiger partial charge in [0, 0.05) is 25.6 Å². The van der Waals surface area contributed by atoms with E-state index in [0.29, 0.717) is 38.0 Å². The summed E-state index contributed by atoms with van der Waals surface area (Å²) in [7, 11) is 4.08. The summed E-state index contributed by atoms with van der Waals surface area (Å²) in [4.78, 5) is 24.4. The fourth-order valence-electron chi connectivity index (χ4n) is 3.07. The Hall–Kier alpha value is -1.92. The highest BCUT2D eigenvalue weighted by atomic mass is 16.5. The van der Waals surface area contributed by atoms with Crippen molar-refractivity contribution in [3.63, 3.8) is 0 Å². The number of hydrogen-bond acceptors (Lipinski definition) is 4. The van der Waals surface area contributed by atoms with Crippen molar-refractivity contribution in [3.05, 3.63) is 29.6 Å². The number of aryl methyl sites for hydroxylation is 1. The molecular weight excluding hydrogens is 292 g/mol. The third-order valence-corrected chi connectivity index (χ3v) is 4.09. The van der Waals surface area contributed by atoms with Crippen LogP contribution in [0.15, 0.2) is 18.2 Å². The van der Waals surface area contributed by atoms with Crippen molar-refractivity contribution in [1.82, 2.24) is 19.8 Å². The van der Waals surface area contributed by atoms with Gasteiger partial charge < -0.3 is 19.5 Å². The number of ether oxygens (including phenoxy) is 1. The first-order chi connectivity index (χ1) is 11.0. The number of rotatable bonds is 3. The van der Waals surface area contributed by atoms with Crippen molar-refractivity contribution in [2.75, 3.05) is 46.9 Å². The van der Waals surface area contributed by atoms with Crippen molar-refractivity contribution < 1.29 is 9.53 Å². The predicted octanol–water partition coefficient (Wildman–Crippen LogP) is 1.52. The molecule has 6 heteroatoms. The molecular formula is C17H24N4O2. The summed E-state index contributed by atoms with van der Waals surface area (Å²) in [5.41, 5.74) is 2.88. The van der Waals surface area contributed by atoms with E-state index >= 15 is 0 Å². The molecule has 0 bridgehead atoms. The average molecular weight is 316 g/mol. The van der Waals surface area contributed by atoms with E-state index < -0.39 is 0 Å². The van der Waals surface area contributed by atoms with Crippen molar-refractivity contribution in [2.24, 2.45) is 5.92 Å². The van der Waals surface area contributed by atoms with E-state index in [4.69, 9.17) is 4.74 Å². The molecule has 2 aromatic rings. The minimum atomic E-state index is -0.0480. The number of aromatic nitrogens is 2. The Morgan fingerprint density at radius 3 is 3.09 bits per heavy atom. The topological polar surface area (TPSA) is 61.5 Å². The maximum absolute atomic E-state index is 12.8. The second-order valence-corrected chi connectivity index (χ2v) is 6.56. The Morgan fingerprint density at radius 1 is 1.48 bits per heavy atom. The number of hydrogen-bond donors (Lipinski definition) is 1. The van der Waals surface area contributed by atoms with Gasteiger partial charge in [0.1, 0.15) is 0 Å². The first-order valence-electron chi connectivity index (χ1n) is 8.01. The van der Waals surface area contributed by atoms with Gasteiger partial charge in [-0.3, -0.25) is 4.79 Å². The molecule has 6 nitrogen and oxygen atoms in total. The molecule has 0 aliphatic carbocycles. The Balaban J connectivity index is 1.79. The van der Waals surface area contributed by atoms with Crippen LogP contribution in [-0.4, -0.2) is 72.6 Å². The number of aromatic amines is 1. The summed E-state index contributed by atoms with van der Waals surface area (Å²) in [5.74, 6) is 0.687. The zero-order valence-corrected chi connectivity index (χ0v) is 14.0. The standard InChI is InChI=1S/C17H24N4O2/c1-12-4-5-14-15(8-12)19-16(18-14)17(22)21-6-7-23-11-13(10-21)9-20(2)3/h4-5,8,13H,6-7,9-11H2,1-3H3,(H,18,19)/t13-/m1/s1. The van der Waals surface area contributed by atoms with Gasteiger partial charge in [0.25, 0.3) is 5.91 Å². The summed E-state index contributed by atoms with van der Waals surface area (Å²) in [6, 6.07) is 5.96. The van der Waals surface area contributed by atoms with E-state index in [9.17, 15) is 4.79 Å². The van der Waals surface area contributed by atoms with Gasteiger partial charge in [-0.1, -0.05) is 6.07 Å². The van der Waals surface area contributed by atoms with Crippen LogP contribution in [0.5, 0.6) is 0 Å². The van der Waals surface area contributed by atoms with Gasteiger partial charge in [-0.05, 0) is 38.7 Å². The molecule has 0 spiro atoms. The van der Waals surface area contributed by atoms with E-state index in [1.165, 1.54) is 0 Å². The lowest BCUT2D eigenvalue weighted by Crippen LogP contribution is -2.39. The van der Waals surface area contributed by atoms with Gasteiger partial charge in [0.2, 0.25) is 0 Å². The fourth-order valence-corrected chi connectivity index (χ4v) is 3.07. The van der Waals surface area contributed by atoms with Crippen LogP contribution in [-0.2, 0) is 4.74 Å². The van der Waals surface area contributed by atoms with Gasteiger partial charge in [-0.25, -0.2) is 4.98 Å². The molecule has 23 heavy (non-hydrogen) atoms. The third kappa shape index (κ3) is 3.71. The molecule has 1 aromatic carbocycles. The normalized spacial score (nSPS) is 19.3. The van der Waals surface area contributed by atoms with Gasteiger partial charge in [-0.2, -0.15) is 0 Å². The highest BCUT2D eigenvalue weighted by Gasteiger charge is 2.25. The molecule has 1 atom stereocenters. The van der Waals surface area contributed by atoms with Crippen molar-refractivity contribution in [1.29, 1.82) is 0 Å². The summed E-state index contributed by atoms with van der Waals surface area (Å²) in [6.07, 6.45) is 0. The van der Waals surface area contributed by atoms with Crippen LogP contribution < -0.4 is 0 Å². The molecule has 124 valence electrons. The quantitative estimate of drug-likeness (QED) is 0.933. The minimum absolute atomic E-state index is 0.0480. The summed E-state index contributed by atoms with van der Waals surface area (Å²) >= 11 is 0. The van der Waals surface area contributed by atoms with Gasteiger partial charge >= 0.3 is 0 Å². The van der Waals surface area contributed by atoms with E-state index in [1.54, 1.807) is 0 Å². The Morgan fingerprint density at radius 2 is 2.30 bits per heavy atom. The van der Waals surface area contributed by atoms with E-state index in [-0.39, 0.29) is 5.91 Å². The van der Waals surface area contributed by atoms with E-state index in [2.05, 4.69) is 14.9 Å². The first-order valence-corrected chi connectivity index (χ1v) is 8.01. The maximum atomic E-state index is 12.8. The molecule has 1 aliphatic heterocycles. The molecule has 0 radical (unpaired) electrons. The molecule has 0 unspecified atom stereocenters. The van der Waals surface area contributed by atoms with Crippen molar-refractivity contribution in [2.45, 2.75) is 6.92 Å². The Kier molecular flexibility index (Phi) is 4.63. The highest BCUT2D eigenvalue weighted by molar-refractivity contribution is 5.94. The maximum Gasteiger partial charge on any atom is 0.289 e.